The number of aromatic nitrogens is 4. The summed E-state index contributed by atoms with van der Waals surface area (Å²) in [6.45, 7) is 0.254. The van der Waals surface area contributed by atoms with Gasteiger partial charge in [0.15, 0.2) is 5.82 Å². The van der Waals surface area contributed by atoms with Crippen LogP contribution in [0.15, 0.2) is 48.5 Å². The normalized spacial score (nSPS) is 11.7. The maximum absolute atomic E-state index is 9.49. The van der Waals surface area contributed by atoms with Crippen molar-refractivity contribution in [1.82, 2.24) is 20.2 Å². The van der Waals surface area contributed by atoms with Crippen LogP contribution in [-0.2, 0) is 13.0 Å². The lowest BCUT2D eigenvalue weighted by atomic mass is 9.86. The molecular weight excluding hydrogens is 330 g/mol. The number of nitriles is 1. The molecule has 7 heteroatoms. The minimum Gasteiger partial charge on any atom is -0.497 e. The van der Waals surface area contributed by atoms with Gasteiger partial charge in [-0.1, -0.05) is 30.3 Å². The molecule has 0 radical (unpaired) electrons. The first-order valence-electron chi connectivity index (χ1n) is 8.25. The van der Waals surface area contributed by atoms with Gasteiger partial charge in [-0.2, -0.15) is 10.1 Å². The van der Waals surface area contributed by atoms with Crippen molar-refractivity contribution in [3.63, 3.8) is 0 Å². The van der Waals surface area contributed by atoms with Crippen molar-refractivity contribution in [3.8, 4) is 11.8 Å². The second-order valence-electron chi connectivity index (χ2n) is 5.75. The van der Waals surface area contributed by atoms with Gasteiger partial charge >= 0.3 is 0 Å². The topological polar surface area (TPSA) is 96.8 Å². The van der Waals surface area contributed by atoms with E-state index >= 15 is 0 Å². The fourth-order valence-corrected chi connectivity index (χ4v) is 2.87. The number of tetrazole rings is 1. The van der Waals surface area contributed by atoms with Gasteiger partial charge in [-0.05, 0) is 34.5 Å². The van der Waals surface area contributed by atoms with Gasteiger partial charge in [0, 0.05) is 12.3 Å². The predicted octanol–water partition coefficient (Wildman–Crippen LogP) is 1.92. The summed E-state index contributed by atoms with van der Waals surface area (Å²) in [5, 5.41) is 30.8. The van der Waals surface area contributed by atoms with E-state index in [1.807, 2.05) is 48.5 Å². The van der Waals surface area contributed by atoms with E-state index < -0.39 is 0 Å². The largest absolute Gasteiger partial charge is 0.497 e. The van der Waals surface area contributed by atoms with Crippen LogP contribution in [0.5, 0.6) is 5.75 Å². The number of benzene rings is 2. The molecule has 3 rings (SSSR count). The molecule has 26 heavy (non-hydrogen) atoms. The summed E-state index contributed by atoms with van der Waals surface area (Å²) < 4.78 is 5.23. The third-order valence-corrected chi connectivity index (χ3v) is 4.16. The molecule has 0 fully saturated rings. The number of rotatable bonds is 7. The SMILES string of the molecule is COc1ccc([C@H](Cc2nnn(CCO)n2)c2ccccc2C#N)cc1. The number of nitrogens with zero attached hydrogens (tertiary/aromatic N) is 5. The Balaban J connectivity index is 1.98. The first kappa shape index (κ1) is 17.6. The Morgan fingerprint density at radius 3 is 2.65 bits per heavy atom. The number of aliphatic hydroxyl groups excluding tert-OH is 1. The highest BCUT2D eigenvalue weighted by Gasteiger charge is 2.20. The molecule has 0 aliphatic heterocycles. The maximum Gasteiger partial charge on any atom is 0.175 e. The van der Waals surface area contributed by atoms with Crippen molar-refractivity contribution in [2.75, 3.05) is 13.7 Å². The highest BCUT2D eigenvalue weighted by atomic mass is 16.5. The number of ether oxygens (including phenoxy) is 1. The van der Waals surface area contributed by atoms with Crippen molar-refractivity contribution in [3.05, 3.63) is 71.0 Å². The van der Waals surface area contributed by atoms with Crippen molar-refractivity contribution in [1.29, 1.82) is 5.26 Å². The fraction of sp³-hybridized carbons (Fsp3) is 0.263. The van der Waals surface area contributed by atoms with Crippen LogP contribution in [0, 0.1) is 11.3 Å². The molecule has 1 aromatic heterocycles. The van der Waals surface area contributed by atoms with Crippen molar-refractivity contribution in [2.24, 2.45) is 0 Å². The summed E-state index contributed by atoms with van der Waals surface area (Å²) in [6.07, 6.45) is 0.496. The highest BCUT2D eigenvalue weighted by Crippen LogP contribution is 2.31. The molecule has 1 atom stereocenters. The summed E-state index contributed by atoms with van der Waals surface area (Å²) in [7, 11) is 1.63. The summed E-state index contributed by atoms with van der Waals surface area (Å²) >= 11 is 0. The molecule has 7 nitrogen and oxygen atoms in total. The van der Waals surface area contributed by atoms with Crippen LogP contribution in [0.25, 0.3) is 0 Å². The van der Waals surface area contributed by atoms with Crippen LogP contribution in [-0.4, -0.2) is 39.0 Å². The molecule has 1 heterocycles. The van der Waals surface area contributed by atoms with E-state index in [0.717, 1.165) is 16.9 Å². The first-order valence-corrected chi connectivity index (χ1v) is 8.25. The molecule has 3 aromatic rings. The number of methoxy groups -OCH3 is 1. The zero-order valence-corrected chi connectivity index (χ0v) is 14.4. The van der Waals surface area contributed by atoms with Crippen LogP contribution < -0.4 is 4.74 Å². The smallest absolute Gasteiger partial charge is 0.175 e. The second kappa shape index (κ2) is 8.23. The van der Waals surface area contributed by atoms with E-state index in [2.05, 4.69) is 21.5 Å². The molecular formula is C19H19N5O2. The third kappa shape index (κ3) is 3.87. The Bertz CT molecular complexity index is 899. The first-order chi connectivity index (χ1) is 12.7. The Labute approximate surface area is 151 Å². The Hall–Kier alpha value is -3.24. The van der Waals surface area contributed by atoms with Crippen LogP contribution in [0.4, 0.5) is 0 Å². The van der Waals surface area contributed by atoms with E-state index in [0.29, 0.717) is 24.4 Å². The van der Waals surface area contributed by atoms with Crippen LogP contribution in [0.1, 0.15) is 28.4 Å². The zero-order chi connectivity index (χ0) is 18.4. The van der Waals surface area contributed by atoms with Gasteiger partial charge in [0.05, 0.1) is 31.9 Å². The van der Waals surface area contributed by atoms with Crippen LogP contribution in [0.2, 0.25) is 0 Å². The lowest BCUT2D eigenvalue weighted by Gasteiger charge is -2.18. The van der Waals surface area contributed by atoms with E-state index in [-0.39, 0.29) is 12.5 Å². The lowest BCUT2D eigenvalue weighted by Crippen LogP contribution is -2.10. The van der Waals surface area contributed by atoms with Gasteiger partial charge in [-0.3, -0.25) is 0 Å². The van der Waals surface area contributed by atoms with Gasteiger partial charge in [0.1, 0.15) is 5.75 Å². The molecule has 0 bridgehead atoms. The third-order valence-electron chi connectivity index (χ3n) is 4.16. The standard InChI is InChI=1S/C19H19N5O2/c1-26-16-8-6-14(7-9-16)18(17-5-3-2-4-15(17)13-20)12-19-21-23-24(22-19)10-11-25/h2-9,18,25H,10-12H2,1H3/t18-/m0/s1. The zero-order valence-electron chi connectivity index (χ0n) is 14.4. The number of aliphatic hydroxyl groups is 1. The minimum atomic E-state index is -0.0940. The molecule has 0 aliphatic rings. The lowest BCUT2D eigenvalue weighted by molar-refractivity contribution is 0.259. The molecule has 132 valence electrons. The molecule has 0 aliphatic carbocycles. The molecule has 0 amide bonds. The second-order valence-corrected chi connectivity index (χ2v) is 5.75. The number of hydrogen-bond acceptors (Lipinski definition) is 6. The Morgan fingerprint density at radius 2 is 1.96 bits per heavy atom. The Morgan fingerprint density at radius 1 is 1.19 bits per heavy atom. The molecule has 0 saturated heterocycles. The Kier molecular flexibility index (Phi) is 5.56. The summed E-state index contributed by atoms with van der Waals surface area (Å²) in [5.74, 6) is 1.24. The molecule has 1 N–H and O–H groups in total. The molecule has 0 spiro atoms. The summed E-state index contributed by atoms with van der Waals surface area (Å²) in [6, 6.07) is 17.5. The van der Waals surface area contributed by atoms with E-state index in [1.165, 1.54) is 4.80 Å². The van der Waals surface area contributed by atoms with Crippen molar-refractivity contribution >= 4 is 0 Å². The molecule has 0 saturated carbocycles. The maximum atomic E-state index is 9.49. The van der Waals surface area contributed by atoms with Crippen molar-refractivity contribution in [2.45, 2.75) is 18.9 Å². The van der Waals surface area contributed by atoms with Gasteiger partial charge in [-0.25, -0.2) is 0 Å². The van der Waals surface area contributed by atoms with Gasteiger partial charge in [0.2, 0.25) is 0 Å². The van der Waals surface area contributed by atoms with Crippen LogP contribution >= 0.6 is 0 Å². The monoisotopic (exact) mass is 349 g/mol. The van der Waals surface area contributed by atoms with Gasteiger partial charge in [-0.15, -0.1) is 10.2 Å². The van der Waals surface area contributed by atoms with E-state index in [4.69, 9.17) is 9.84 Å². The average Bonchev–Trinajstić information content (AvgIpc) is 3.14. The van der Waals surface area contributed by atoms with E-state index in [9.17, 15) is 5.26 Å². The van der Waals surface area contributed by atoms with E-state index in [1.54, 1.807) is 7.11 Å². The molecule has 0 unspecified atom stereocenters. The summed E-state index contributed by atoms with van der Waals surface area (Å²) in [4.78, 5) is 1.37. The van der Waals surface area contributed by atoms with Gasteiger partial charge < -0.3 is 9.84 Å². The highest BCUT2D eigenvalue weighted by molar-refractivity contribution is 5.45. The van der Waals surface area contributed by atoms with Crippen LogP contribution in [0.3, 0.4) is 0 Å². The fourth-order valence-electron chi connectivity index (χ4n) is 2.87. The average molecular weight is 349 g/mol. The van der Waals surface area contributed by atoms with Crippen molar-refractivity contribution < 1.29 is 9.84 Å². The molecule has 2 aromatic carbocycles. The summed E-state index contributed by atoms with van der Waals surface area (Å²) in [5.41, 5.74) is 2.57. The number of hydrogen-bond donors (Lipinski definition) is 1. The quantitative estimate of drug-likeness (QED) is 0.700. The minimum absolute atomic E-state index is 0.0467. The van der Waals surface area contributed by atoms with Gasteiger partial charge in [0.25, 0.3) is 0 Å². The predicted molar refractivity (Wildman–Crippen MR) is 94.6 cm³/mol.